The average Bonchev–Trinajstić information content (AvgIpc) is 2.56. The number of hydrogen-bond donors (Lipinski definition) is 2. The van der Waals surface area contributed by atoms with E-state index in [4.69, 9.17) is 26.2 Å². The lowest BCUT2D eigenvalue weighted by atomic mass is 10.2. The summed E-state index contributed by atoms with van der Waals surface area (Å²) in [5.74, 6) is -0.375. The van der Waals surface area contributed by atoms with Crippen molar-refractivity contribution in [3.63, 3.8) is 0 Å². The molecule has 0 aliphatic rings. The second-order valence-electron chi connectivity index (χ2n) is 5.37. The van der Waals surface area contributed by atoms with Crippen LogP contribution in [0, 0.1) is 6.92 Å². The van der Waals surface area contributed by atoms with E-state index in [1.165, 1.54) is 0 Å². The van der Waals surface area contributed by atoms with Crippen LogP contribution in [0.4, 0.5) is 5.69 Å². The Morgan fingerprint density at radius 2 is 1.88 bits per heavy atom. The Balaban J connectivity index is 1.93. The quantitative estimate of drug-likeness (QED) is 0.786. The number of ether oxygens (including phenoxy) is 2. The molecule has 7 heteroatoms. The third-order valence-electron chi connectivity index (χ3n) is 3.29. The van der Waals surface area contributed by atoms with Crippen molar-refractivity contribution in [3.8, 4) is 11.5 Å². The van der Waals surface area contributed by atoms with Gasteiger partial charge in [-0.2, -0.15) is 0 Å². The Hall–Kier alpha value is -2.73. The molecule has 1 amide bonds. The number of benzene rings is 2. The molecule has 2 aromatic rings. The predicted octanol–water partition coefficient (Wildman–Crippen LogP) is 3.52. The van der Waals surface area contributed by atoms with E-state index in [0.717, 1.165) is 5.56 Å². The van der Waals surface area contributed by atoms with Crippen LogP contribution in [0.1, 0.15) is 12.5 Å². The summed E-state index contributed by atoms with van der Waals surface area (Å²) in [6.07, 6.45) is -0.706. The minimum absolute atomic E-state index is 0.312. The number of nitrogens with one attached hydrogen (secondary N) is 1. The molecule has 0 fully saturated rings. The molecule has 0 saturated carbocycles. The summed E-state index contributed by atoms with van der Waals surface area (Å²) in [6.45, 7) is 3.08. The van der Waals surface area contributed by atoms with Crippen molar-refractivity contribution in [2.75, 3.05) is 11.9 Å². The molecule has 132 valence electrons. The van der Waals surface area contributed by atoms with Crippen LogP contribution < -0.4 is 14.8 Å². The second-order valence-corrected chi connectivity index (χ2v) is 5.80. The maximum atomic E-state index is 12.2. The van der Waals surface area contributed by atoms with Crippen LogP contribution in [-0.2, 0) is 9.59 Å². The van der Waals surface area contributed by atoms with Crippen molar-refractivity contribution in [2.45, 2.75) is 20.0 Å². The van der Waals surface area contributed by atoms with Gasteiger partial charge in [-0.15, -0.1) is 0 Å². The zero-order valence-electron chi connectivity index (χ0n) is 13.8. The predicted molar refractivity (Wildman–Crippen MR) is 94.5 cm³/mol. The van der Waals surface area contributed by atoms with Crippen LogP contribution in [0.15, 0.2) is 42.5 Å². The molecule has 2 rings (SSSR count). The fraction of sp³-hybridized carbons (Fsp3) is 0.222. The van der Waals surface area contributed by atoms with Gasteiger partial charge in [0.2, 0.25) is 0 Å². The highest BCUT2D eigenvalue weighted by Crippen LogP contribution is 2.23. The number of halogens is 1. The number of rotatable bonds is 7. The van der Waals surface area contributed by atoms with Gasteiger partial charge in [-0.05, 0) is 61.9 Å². The van der Waals surface area contributed by atoms with E-state index in [0.29, 0.717) is 22.2 Å². The van der Waals surface area contributed by atoms with E-state index in [2.05, 4.69) is 5.32 Å². The third kappa shape index (κ3) is 5.69. The first kappa shape index (κ1) is 18.6. The van der Waals surface area contributed by atoms with Gasteiger partial charge in [0, 0.05) is 10.7 Å². The van der Waals surface area contributed by atoms with E-state index in [1.807, 2.05) is 6.92 Å². The monoisotopic (exact) mass is 363 g/mol. The van der Waals surface area contributed by atoms with Crippen molar-refractivity contribution < 1.29 is 24.2 Å². The van der Waals surface area contributed by atoms with Gasteiger partial charge >= 0.3 is 5.97 Å². The Morgan fingerprint density at radius 1 is 1.20 bits per heavy atom. The van der Waals surface area contributed by atoms with Crippen molar-refractivity contribution in [1.82, 2.24) is 0 Å². The molecule has 0 aliphatic carbocycles. The van der Waals surface area contributed by atoms with E-state index < -0.39 is 18.7 Å². The standard InChI is InChI=1S/C18H18ClNO5/c1-11-9-13(19)3-8-16(11)25-12(2)18(23)20-14-4-6-15(7-5-14)24-10-17(21)22/h3-9,12H,10H2,1-2H3,(H,20,23)(H,21,22). The minimum atomic E-state index is -1.05. The van der Waals surface area contributed by atoms with Gasteiger partial charge in [0.15, 0.2) is 12.7 Å². The first-order valence-electron chi connectivity index (χ1n) is 7.53. The lowest BCUT2D eigenvalue weighted by molar-refractivity contribution is -0.139. The Labute approximate surface area is 150 Å². The maximum Gasteiger partial charge on any atom is 0.341 e. The van der Waals surface area contributed by atoms with Gasteiger partial charge in [-0.25, -0.2) is 4.79 Å². The molecule has 0 spiro atoms. The minimum Gasteiger partial charge on any atom is -0.482 e. The van der Waals surface area contributed by atoms with Crippen LogP contribution in [-0.4, -0.2) is 29.7 Å². The highest BCUT2D eigenvalue weighted by molar-refractivity contribution is 6.30. The topological polar surface area (TPSA) is 84.9 Å². The van der Waals surface area contributed by atoms with Crippen LogP contribution in [0.3, 0.4) is 0 Å². The first-order valence-corrected chi connectivity index (χ1v) is 7.91. The number of aryl methyl sites for hydroxylation is 1. The number of carbonyl (C=O) groups is 2. The fourth-order valence-electron chi connectivity index (χ4n) is 2.01. The molecule has 6 nitrogen and oxygen atoms in total. The number of carbonyl (C=O) groups excluding carboxylic acids is 1. The van der Waals surface area contributed by atoms with Crippen molar-refractivity contribution >= 4 is 29.2 Å². The Bertz CT molecular complexity index is 761. The zero-order chi connectivity index (χ0) is 18.4. The van der Waals surface area contributed by atoms with Gasteiger partial charge in [0.1, 0.15) is 11.5 Å². The van der Waals surface area contributed by atoms with E-state index in [9.17, 15) is 9.59 Å². The number of aliphatic carboxylic acids is 1. The van der Waals surface area contributed by atoms with Crippen LogP contribution in [0.5, 0.6) is 11.5 Å². The Morgan fingerprint density at radius 3 is 2.48 bits per heavy atom. The molecule has 2 aromatic carbocycles. The van der Waals surface area contributed by atoms with E-state index in [-0.39, 0.29) is 5.91 Å². The van der Waals surface area contributed by atoms with Crippen LogP contribution >= 0.6 is 11.6 Å². The molecule has 0 aliphatic heterocycles. The van der Waals surface area contributed by atoms with Crippen LogP contribution in [0.2, 0.25) is 5.02 Å². The second kappa shape index (κ2) is 8.39. The highest BCUT2D eigenvalue weighted by Gasteiger charge is 2.16. The largest absolute Gasteiger partial charge is 0.482 e. The summed E-state index contributed by atoms with van der Waals surface area (Å²) >= 11 is 5.90. The van der Waals surface area contributed by atoms with Crippen LogP contribution in [0.25, 0.3) is 0 Å². The fourth-order valence-corrected chi connectivity index (χ4v) is 2.24. The Kier molecular flexibility index (Phi) is 6.25. The smallest absolute Gasteiger partial charge is 0.341 e. The summed E-state index contributed by atoms with van der Waals surface area (Å²) in [4.78, 5) is 22.7. The van der Waals surface area contributed by atoms with E-state index >= 15 is 0 Å². The third-order valence-corrected chi connectivity index (χ3v) is 3.53. The number of amides is 1. The van der Waals surface area contributed by atoms with Gasteiger partial charge in [0.25, 0.3) is 5.91 Å². The van der Waals surface area contributed by atoms with Crippen molar-refractivity contribution in [1.29, 1.82) is 0 Å². The van der Waals surface area contributed by atoms with Crippen molar-refractivity contribution in [2.24, 2.45) is 0 Å². The zero-order valence-corrected chi connectivity index (χ0v) is 14.5. The maximum absolute atomic E-state index is 12.2. The normalized spacial score (nSPS) is 11.5. The summed E-state index contributed by atoms with van der Waals surface area (Å²) in [6, 6.07) is 11.6. The number of carboxylic acid groups (broad SMARTS) is 1. The van der Waals surface area contributed by atoms with Gasteiger partial charge < -0.3 is 19.9 Å². The molecule has 0 heterocycles. The lowest BCUT2D eigenvalue weighted by Crippen LogP contribution is -2.30. The SMILES string of the molecule is Cc1cc(Cl)ccc1OC(C)C(=O)Nc1ccc(OCC(=O)O)cc1. The molecule has 0 radical (unpaired) electrons. The van der Waals surface area contributed by atoms with Crippen molar-refractivity contribution in [3.05, 3.63) is 53.1 Å². The van der Waals surface area contributed by atoms with Gasteiger partial charge in [-0.3, -0.25) is 4.79 Å². The first-order chi connectivity index (χ1) is 11.8. The van der Waals surface area contributed by atoms with Gasteiger partial charge in [-0.1, -0.05) is 11.6 Å². The molecule has 25 heavy (non-hydrogen) atoms. The average molecular weight is 364 g/mol. The van der Waals surface area contributed by atoms with E-state index in [1.54, 1.807) is 49.4 Å². The molecule has 2 N–H and O–H groups in total. The molecular weight excluding hydrogens is 346 g/mol. The summed E-state index contributed by atoms with van der Waals surface area (Å²) < 4.78 is 10.7. The molecule has 1 unspecified atom stereocenters. The number of carboxylic acids is 1. The van der Waals surface area contributed by atoms with Gasteiger partial charge in [0.05, 0.1) is 0 Å². The highest BCUT2D eigenvalue weighted by atomic mass is 35.5. The summed E-state index contributed by atoms with van der Waals surface area (Å²) in [7, 11) is 0. The molecule has 0 bridgehead atoms. The molecule has 0 aromatic heterocycles. The molecule has 0 saturated heterocycles. The number of anilines is 1. The molecular formula is C18H18ClNO5. The lowest BCUT2D eigenvalue weighted by Gasteiger charge is -2.16. The molecule has 1 atom stereocenters. The number of hydrogen-bond acceptors (Lipinski definition) is 4. The summed E-state index contributed by atoms with van der Waals surface area (Å²) in [5, 5.41) is 11.9. The summed E-state index contributed by atoms with van der Waals surface area (Å²) in [5.41, 5.74) is 1.39.